The maximum absolute atomic E-state index is 12.6. The van der Waals surface area contributed by atoms with Gasteiger partial charge in [0, 0.05) is 23.0 Å². The third kappa shape index (κ3) is 4.22. The van der Waals surface area contributed by atoms with Crippen LogP contribution in [0.1, 0.15) is 46.8 Å². The van der Waals surface area contributed by atoms with Gasteiger partial charge in [-0.05, 0) is 43.7 Å². The highest BCUT2D eigenvalue weighted by atomic mass is 32.2. The number of nitrogens with zero attached hydrogens (tertiary/aromatic N) is 5. The highest BCUT2D eigenvalue weighted by molar-refractivity contribution is 7.99. The Kier molecular flexibility index (Phi) is 6.37. The smallest absolute Gasteiger partial charge is 0.191 e. The number of hydrogen-bond donors (Lipinski definition) is 0. The number of thiophene rings is 1. The van der Waals surface area contributed by atoms with Gasteiger partial charge in [0.15, 0.2) is 22.7 Å². The minimum absolute atomic E-state index is 0.154. The molecule has 1 aliphatic rings. The molecule has 1 aliphatic carbocycles. The number of rotatable bonds is 7. The van der Waals surface area contributed by atoms with Gasteiger partial charge >= 0.3 is 0 Å². The highest BCUT2D eigenvalue weighted by Gasteiger charge is 2.25. The van der Waals surface area contributed by atoms with Gasteiger partial charge in [0.05, 0.1) is 16.7 Å². The summed E-state index contributed by atoms with van der Waals surface area (Å²) in [7, 11) is 1.93. The molecule has 156 valence electrons. The van der Waals surface area contributed by atoms with Crippen molar-refractivity contribution in [1.29, 1.82) is 5.26 Å². The molecule has 2 atom stereocenters. The van der Waals surface area contributed by atoms with Gasteiger partial charge < -0.3 is 4.57 Å². The van der Waals surface area contributed by atoms with Gasteiger partial charge in [-0.2, -0.15) is 5.26 Å². The lowest BCUT2D eigenvalue weighted by atomic mass is 9.87. The van der Waals surface area contributed by atoms with Crippen molar-refractivity contribution in [2.75, 3.05) is 5.75 Å². The van der Waals surface area contributed by atoms with Crippen molar-refractivity contribution in [1.82, 2.24) is 19.7 Å². The molecule has 0 unspecified atom stereocenters. The topological polar surface area (TPSA) is 84.5 Å². The Morgan fingerprint density at radius 1 is 1.47 bits per heavy atom. The number of fused-ring (bicyclic) bond motifs is 1. The highest BCUT2D eigenvalue weighted by Crippen LogP contribution is 2.38. The van der Waals surface area contributed by atoms with E-state index in [2.05, 4.69) is 34.2 Å². The third-order valence-electron chi connectivity index (χ3n) is 5.50. The van der Waals surface area contributed by atoms with Crippen LogP contribution in [0.15, 0.2) is 16.6 Å². The first-order valence-electron chi connectivity index (χ1n) is 9.98. The number of carbonyl (C=O) groups excluding carboxylic acids is 1. The molecule has 0 aromatic carbocycles. The van der Waals surface area contributed by atoms with Gasteiger partial charge in [-0.1, -0.05) is 25.1 Å². The molecule has 3 heterocycles. The largest absolute Gasteiger partial charge is 0.304 e. The number of aryl methyl sites for hydroxylation is 2. The average Bonchev–Trinajstić information content (AvgIpc) is 3.44. The maximum Gasteiger partial charge on any atom is 0.191 e. The molecule has 3 aromatic rings. The Bertz CT molecular complexity index is 1110. The quantitative estimate of drug-likeness (QED) is 0.474. The number of thiazole rings is 1. The fourth-order valence-electron chi connectivity index (χ4n) is 3.70. The number of hydrogen-bond acceptors (Lipinski definition) is 8. The summed E-state index contributed by atoms with van der Waals surface area (Å²) in [5.74, 6) is 0.816. The molecule has 9 heteroatoms. The molecule has 0 saturated heterocycles. The van der Waals surface area contributed by atoms with E-state index in [-0.39, 0.29) is 11.5 Å². The van der Waals surface area contributed by atoms with Crippen LogP contribution in [0.5, 0.6) is 0 Å². The van der Waals surface area contributed by atoms with Gasteiger partial charge in [-0.25, -0.2) is 4.98 Å². The maximum atomic E-state index is 12.6. The van der Waals surface area contributed by atoms with Crippen molar-refractivity contribution in [2.24, 2.45) is 13.0 Å². The van der Waals surface area contributed by atoms with E-state index in [9.17, 15) is 10.1 Å². The second kappa shape index (κ2) is 9.00. The Hall–Kier alpha value is -2.02. The van der Waals surface area contributed by atoms with E-state index >= 15 is 0 Å². The number of Topliss-reactive ketones (excluding diaryl/α,β-unsaturated/α-hetero) is 1. The molecule has 3 aromatic heterocycles. The molecular formula is C21H23N5OS3. The first-order chi connectivity index (χ1) is 14.5. The summed E-state index contributed by atoms with van der Waals surface area (Å²) in [6, 6.07) is 4.36. The minimum atomic E-state index is -0.820. The lowest BCUT2D eigenvalue weighted by Gasteiger charge is -2.19. The first kappa shape index (κ1) is 21.2. The van der Waals surface area contributed by atoms with Crippen molar-refractivity contribution in [3.63, 3.8) is 0 Å². The molecule has 0 amide bonds. The van der Waals surface area contributed by atoms with E-state index in [4.69, 9.17) is 0 Å². The number of nitriles is 1. The summed E-state index contributed by atoms with van der Waals surface area (Å²) in [5, 5.41) is 21.2. The van der Waals surface area contributed by atoms with Gasteiger partial charge in [-0.15, -0.1) is 32.9 Å². The molecule has 0 aliphatic heterocycles. The monoisotopic (exact) mass is 457 g/mol. The summed E-state index contributed by atoms with van der Waals surface area (Å²) in [5.41, 5.74) is 2.29. The third-order valence-corrected chi connectivity index (χ3v) is 8.80. The van der Waals surface area contributed by atoms with E-state index < -0.39 is 5.92 Å². The summed E-state index contributed by atoms with van der Waals surface area (Å²) in [4.78, 5) is 19.5. The molecule has 0 radical (unpaired) electrons. The summed E-state index contributed by atoms with van der Waals surface area (Å²) in [6.45, 7) is 4.13. The lowest BCUT2D eigenvalue weighted by Crippen LogP contribution is -2.13. The van der Waals surface area contributed by atoms with E-state index in [0.717, 1.165) is 35.2 Å². The molecule has 0 N–H and O–H groups in total. The van der Waals surface area contributed by atoms with Crippen LogP contribution in [-0.2, 0) is 24.7 Å². The molecule has 0 bridgehead atoms. The Balaban J connectivity index is 1.46. The number of aromatic nitrogens is 4. The van der Waals surface area contributed by atoms with Crippen LogP contribution in [-0.4, -0.2) is 31.3 Å². The van der Waals surface area contributed by atoms with Crippen LogP contribution in [0, 0.1) is 24.2 Å². The molecule has 0 spiro atoms. The predicted molar refractivity (Wildman–Crippen MR) is 121 cm³/mol. The lowest BCUT2D eigenvalue weighted by molar-refractivity contribution is -0.116. The van der Waals surface area contributed by atoms with E-state index in [1.807, 2.05) is 35.3 Å². The van der Waals surface area contributed by atoms with Gasteiger partial charge in [0.25, 0.3) is 0 Å². The van der Waals surface area contributed by atoms with Crippen LogP contribution >= 0.6 is 34.4 Å². The number of ketones is 1. The van der Waals surface area contributed by atoms with Gasteiger partial charge in [0.2, 0.25) is 0 Å². The van der Waals surface area contributed by atoms with Crippen molar-refractivity contribution in [3.05, 3.63) is 32.6 Å². The van der Waals surface area contributed by atoms with Crippen molar-refractivity contribution >= 4 is 40.2 Å². The van der Waals surface area contributed by atoms with Crippen molar-refractivity contribution in [2.45, 2.75) is 50.6 Å². The molecule has 0 saturated carbocycles. The van der Waals surface area contributed by atoms with E-state index in [1.165, 1.54) is 46.4 Å². The second-order valence-corrected chi connectivity index (χ2v) is 10.6. The second-order valence-electron chi connectivity index (χ2n) is 7.59. The molecular weight excluding hydrogens is 434 g/mol. The number of thioether (sulfide) groups is 1. The Labute approximate surface area is 188 Å². The fourth-order valence-corrected chi connectivity index (χ4v) is 6.61. The summed E-state index contributed by atoms with van der Waals surface area (Å²) >= 11 is 4.49. The van der Waals surface area contributed by atoms with E-state index in [0.29, 0.717) is 10.2 Å². The predicted octanol–water partition coefficient (Wildman–Crippen LogP) is 4.79. The van der Waals surface area contributed by atoms with Gasteiger partial charge in [-0.3, -0.25) is 4.79 Å². The first-order valence-corrected chi connectivity index (χ1v) is 12.7. The average molecular weight is 458 g/mol. The molecule has 0 fully saturated rings. The Morgan fingerprint density at radius 3 is 3.00 bits per heavy atom. The Morgan fingerprint density at radius 2 is 2.30 bits per heavy atom. The number of carbonyl (C=O) groups is 1. The SMILES string of the molecule is CC[C@H]1CCc2sc(-c3nnc(SCC(=O)[C@H](C#N)c4nc(C)cs4)n3C)cc2C1. The van der Waals surface area contributed by atoms with Crippen LogP contribution in [0.25, 0.3) is 10.7 Å². The zero-order valence-electron chi connectivity index (χ0n) is 17.2. The molecule has 4 rings (SSSR count). The summed E-state index contributed by atoms with van der Waals surface area (Å²) in [6.07, 6.45) is 4.80. The van der Waals surface area contributed by atoms with Crippen molar-refractivity contribution in [3.8, 4) is 16.8 Å². The minimum Gasteiger partial charge on any atom is -0.304 e. The fraction of sp³-hybridized carbons (Fsp3) is 0.476. The summed E-state index contributed by atoms with van der Waals surface area (Å²) < 4.78 is 1.95. The standard InChI is InChI=1S/C21H23N5OS3/c1-4-13-5-6-17-14(7-13)8-18(30-17)19-24-25-21(26(19)3)29-11-16(27)15(9-22)20-23-12(2)10-28-20/h8,10,13,15H,4-7,11H2,1-3H3/t13-,15-/m0/s1. The van der Waals surface area contributed by atoms with Gasteiger partial charge in [0.1, 0.15) is 5.01 Å². The molecule has 30 heavy (non-hydrogen) atoms. The zero-order chi connectivity index (χ0) is 21.3. The normalized spacial score (nSPS) is 16.8. The van der Waals surface area contributed by atoms with Crippen LogP contribution < -0.4 is 0 Å². The van der Waals surface area contributed by atoms with Crippen LogP contribution in [0.2, 0.25) is 0 Å². The zero-order valence-corrected chi connectivity index (χ0v) is 19.7. The van der Waals surface area contributed by atoms with Crippen LogP contribution in [0.3, 0.4) is 0 Å². The van der Waals surface area contributed by atoms with Crippen molar-refractivity contribution < 1.29 is 4.79 Å². The van der Waals surface area contributed by atoms with Crippen LogP contribution in [0.4, 0.5) is 0 Å². The molecule has 6 nitrogen and oxygen atoms in total. The van der Waals surface area contributed by atoms with E-state index in [1.54, 1.807) is 0 Å².